The van der Waals surface area contributed by atoms with E-state index in [9.17, 15) is 4.79 Å². The molecule has 162 valence electrons. The minimum absolute atomic E-state index is 0.222. The number of hydrogen-bond acceptors (Lipinski definition) is 4. The van der Waals surface area contributed by atoms with E-state index in [0.29, 0.717) is 21.4 Å². The van der Waals surface area contributed by atoms with Gasteiger partial charge < -0.3 is 0 Å². The van der Waals surface area contributed by atoms with Crippen LogP contribution in [0.4, 0.5) is 0 Å². The Labute approximate surface area is 200 Å². The summed E-state index contributed by atoms with van der Waals surface area (Å²) in [7, 11) is 0. The third-order valence-corrected chi connectivity index (χ3v) is 5.60. The second-order valence-electron chi connectivity index (χ2n) is 7.27. The van der Waals surface area contributed by atoms with Gasteiger partial charge in [0.05, 0.1) is 10.7 Å². The van der Waals surface area contributed by atoms with Crippen LogP contribution < -0.4 is 10.9 Å². The van der Waals surface area contributed by atoms with Crippen molar-refractivity contribution in [3.05, 3.63) is 112 Å². The summed E-state index contributed by atoms with van der Waals surface area (Å²) in [5.41, 5.74) is 9.60. The molecule has 4 aromatic rings. The molecule has 1 aliphatic rings. The largest absolute Gasteiger partial charge is 0.288 e. The molecule has 0 spiro atoms. The lowest BCUT2D eigenvalue weighted by Crippen LogP contribution is -2.46. The number of carbonyl (C=O) groups is 1. The Balaban J connectivity index is 1.62. The molecular weight excluding hydrogens is 457 g/mol. The predicted molar refractivity (Wildman–Crippen MR) is 131 cm³/mol. The van der Waals surface area contributed by atoms with E-state index in [4.69, 9.17) is 28.3 Å². The monoisotopic (exact) mass is 473 g/mol. The number of halogens is 2. The van der Waals surface area contributed by atoms with Crippen molar-refractivity contribution in [1.29, 1.82) is 0 Å². The summed E-state index contributed by atoms with van der Waals surface area (Å²) in [6.45, 7) is 0. The minimum Gasteiger partial charge on any atom is -0.281 e. The lowest BCUT2D eigenvalue weighted by molar-refractivity contribution is -0.118. The SMILES string of the molecule is O=C1NNC(c2ccc(Cl)cc2Cl)=NC1=Cc1cn(-c2ccccc2)nc1-c1ccccc1. The van der Waals surface area contributed by atoms with E-state index >= 15 is 0 Å². The predicted octanol–water partition coefficient (Wildman–Crippen LogP) is 5.27. The normalized spacial score (nSPS) is 14.5. The number of amides is 1. The average Bonchev–Trinajstić information content (AvgIpc) is 3.26. The number of hydrogen-bond donors (Lipinski definition) is 2. The molecule has 0 bridgehead atoms. The zero-order chi connectivity index (χ0) is 22.8. The summed E-state index contributed by atoms with van der Waals surface area (Å²) in [5, 5.41) is 5.72. The molecule has 6 nitrogen and oxygen atoms in total. The highest BCUT2D eigenvalue weighted by Gasteiger charge is 2.21. The van der Waals surface area contributed by atoms with Gasteiger partial charge in [0, 0.05) is 27.9 Å². The van der Waals surface area contributed by atoms with Crippen LogP contribution in [0.3, 0.4) is 0 Å². The maximum absolute atomic E-state index is 12.6. The van der Waals surface area contributed by atoms with Gasteiger partial charge in [-0.25, -0.2) is 9.67 Å². The van der Waals surface area contributed by atoms with Crippen molar-refractivity contribution in [3.8, 4) is 16.9 Å². The molecule has 1 aliphatic heterocycles. The summed E-state index contributed by atoms with van der Waals surface area (Å²) in [4.78, 5) is 17.1. The highest BCUT2D eigenvalue weighted by Crippen LogP contribution is 2.27. The van der Waals surface area contributed by atoms with Gasteiger partial charge >= 0.3 is 0 Å². The standard InChI is InChI=1S/C25H17Cl2N5O/c26-18-11-12-20(21(27)14-18)24-28-22(25(33)30-29-24)13-17-15-32(19-9-5-2-6-10-19)31-23(17)16-7-3-1-4-8-16/h1-15H,(H,28,29)(H,30,33). The van der Waals surface area contributed by atoms with Gasteiger partial charge in [0.25, 0.3) is 5.91 Å². The van der Waals surface area contributed by atoms with Gasteiger partial charge in [0.1, 0.15) is 11.4 Å². The zero-order valence-electron chi connectivity index (χ0n) is 17.2. The Bertz CT molecular complexity index is 1400. The fraction of sp³-hybridized carbons (Fsp3) is 0. The van der Waals surface area contributed by atoms with Gasteiger partial charge in [-0.2, -0.15) is 5.10 Å². The Morgan fingerprint density at radius 1 is 0.879 bits per heavy atom. The number of benzene rings is 3. The van der Waals surface area contributed by atoms with E-state index in [1.807, 2.05) is 66.9 Å². The highest BCUT2D eigenvalue weighted by atomic mass is 35.5. The Morgan fingerprint density at radius 2 is 1.61 bits per heavy atom. The average molecular weight is 474 g/mol. The lowest BCUT2D eigenvalue weighted by Gasteiger charge is -2.18. The molecule has 8 heteroatoms. The number of nitrogens with one attached hydrogen (secondary N) is 2. The molecule has 5 rings (SSSR count). The first-order valence-electron chi connectivity index (χ1n) is 10.1. The number of hydrazine groups is 1. The van der Waals surface area contributed by atoms with Gasteiger partial charge in [0.2, 0.25) is 0 Å². The molecule has 0 aliphatic carbocycles. The van der Waals surface area contributed by atoms with Crippen molar-refractivity contribution >= 4 is 41.0 Å². The molecule has 3 aromatic carbocycles. The van der Waals surface area contributed by atoms with Crippen molar-refractivity contribution in [3.63, 3.8) is 0 Å². The van der Waals surface area contributed by atoms with Gasteiger partial charge in [0.15, 0.2) is 5.84 Å². The van der Waals surface area contributed by atoms with E-state index in [2.05, 4.69) is 15.8 Å². The molecule has 0 fully saturated rings. The molecule has 1 aromatic heterocycles. The molecule has 0 saturated heterocycles. The van der Waals surface area contributed by atoms with E-state index in [1.54, 1.807) is 29.0 Å². The van der Waals surface area contributed by atoms with E-state index < -0.39 is 0 Å². The lowest BCUT2D eigenvalue weighted by atomic mass is 10.1. The van der Waals surface area contributed by atoms with Crippen LogP contribution in [0.5, 0.6) is 0 Å². The van der Waals surface area contributed by atoms with Gasteiger partial charge in [-0.05, 0) is 36.4 Å². The molecule has 0 radical (unpaired) electrons. The van der Waals surface area contributed by atoms with Crippen LogP contribution in [0, 0.1) is 0 Å². The second kappa shape index (κ2) is 8.94. The maximum atomic E-state index is 12.6. The first-order valence-corrected chi connectivity index (χ1v) is 10.9. The quantitative estimate of drug-likeness (QED) is 0.396. The number of aliphatic imine (C=N–C) groups is 1. The van der Waals surface area contributed by atoms with Crippen molar-refractivity contribution in [2.45, 2.75) is 0 Å². The second-order valence-corrected chi connectivity index (χ2v) is 8.12. The molecule has 33 heavy (non-hydrogen) atoms. The minimum atomic E-state index is -0.365. The van der Waals surface area contributed by atoms with Crippen molar-refractivity contribution < 1.29 is 4.79 Å². The molecule has 1 amide bonds. The molecule has 2 heterocycles. The number of amidine groups is 1. The van der Waals surface area contributed by atoms with E-state index in [0.717, 1.165) is 22.5 Å². The van der Waals surface area contributed by atoms with E-state index in [1.165, 1.54) is 0 Å². The summed E-state index contributed by atoms with van der Waals surface area (Å²) in [5.74, 6) is 0.0505. The summed E-state index contributed by atoms with van der Waals surface area (Å²) < 4.78 is 1.79. The number of carbonyl (C=O) groups excluding carboxylic acids is 1. The summed E-state index contributed by atoms with van der Waals surface area (Å²) in [6.07, 6.45) is 3.60. The Hall–Kier alpha value is -3.87. The molecular formula is C25H17Cl2N5O. The molecule has 2 N–H and O–H groups in total. The number of rotatable bonds is 4. The van der Waals surface area contributed by atoms with Crippen LogP contribution in [0.15, 0.2) is 95.7 Å². The van der Waals surface area contributed by atoms with Crippen LogP contribution in [0.2, 0.25) is 10.0 Å². The first kappa shape index (κ1) is 21.0. The summed E-state index contributed by atoms with van der Waals surface area (Å²) in [6, 6.07) is 24.7. The highest BCUT2D eigenvalue weighted by molar-refractivity contribution is 6.37. The van der Waals surface area contributed by atoms with Crippen LogP contribution in [0.1, 0.15) is 11.1 Å². The van der Waals surface area contributed by atoms with Gasteiger partial charge in [-0.3, -0.25) is 15.6 Å². The maximum Gasteiger partial charge on any atom is 0.288 e. The van der Waals surface area contributed by atoms with Crippen molar-refractivity contribution in [2.75, 3.05) is 0 Å². The Morgan fingerprint density at radius 3 is 2.33 bits per heavy atom. The fourth-order valence-electron chi connectivity index (χ4n) is 3.46. The van der Waals surface area contributed by atoms with Gasteiger partial charge in [-0.1, -0.05) is 71.7 Å². The van der Waals surface area contributed by atoms with Crippen LogP contribution >= 0.6 is 23.2 Å². The van der Waals surface area contributed by atoms with Gasteiger partial charge in [-0.15, -0.1) is 0 Å². The van der Waals surface area contributed by atoms with Crippen molar-refractivity contribution in [2.24, 2.45) is 4.99 Å². The number of aromatic nitrogens is 2. The third kappa shape index (κ3) is 4.39. The first-order chi connectivity index (χ1) is 16.1. The van der Waals surface area contributed by atoms with E-state index in [-0.39, 0.29) is 11.6 Å². The molecule has 0 unspecified atom stereocenters. The van der Waals surface area contributed by atoms with Crippen molar-refractivity contribution in [1.82, 2.24) is 20.6 Å². The fourth-order valence-corrected chi connectivity index (χ4v) is 3.96. The topological polar surface area (TPSA) is 71.3 Å². The van der Waals surface area contributed by atoms with Crippen LogP contribution in [-0.4, -0.2) is 21.5 Å². The van der Waals surface area contributed by atoms with Crippen LogP contribution in [-0.2, 0) is 4.79 Å². The third-order valence-electron chi connectivity index (χ3n) is 5.05. The summed E-state index contributed by atoms with van der Waals surface area (Å²) >= 11 is 12.3. The number of nitrogens with zero attached hydrogens (tertiary/aromatic N) is 3. The van der Waals surface area contributed by atoms with Crippen LogP contribution in [0.25, 0.3) is 23.0 Å². The smallest absolute Gasteiger partial charge is 0.281 e. The molecule has 0 atom stereocenters. The Kier molecular flexibility index (Phi) is 5.69. The number of para-hydroxylation sites is 1. The molecule has 0 saturated carbocycles. The zero-order valence-corrected chi connectivity index (χ0v) is 18.7.